The molecule has 1 aliphatic carbocycles. The number of hydrogen-bond donors (Lipinski definition) is 2. The Morgan fingerprint density at radius 2 is 1.50 bits per heavy atom. The lowest BCUT2D eigenvalue weighted by Gasteiger charge is -2.18. The Hall–Kier alpha value is -1.30. The van der Waals surface area contributed by atoms with Gasteiger partial charge in [0.2, 0.25) is 0 Å². The number of hydrogen-bond acceptors (Lipinski definition) is 4. The third kappa shape index (κ3) is 3.37. The van der Waals surface area contributed by atoms with Crippen LogP contribution in [0.25, 0.3) is 0 Å². The quantitative estimate of drug-likeness (QED) is 0.874. The second-order valence-electron chi connectivity index (χ2n) is 6.25. The highest BCUT2D eigenvalue weighted by Crippen LogP contribution is 2.31. The van der Waals surface area contributed by atoms with Gasteiger partial charge in [0.25, 0.3) is 5.56 Å². The van der Waals surface area contributed by atoms with Crippen LogP contribution in [0.15, 0.2) is 9.69 Å². The van der Waals surface area contributed by atoms with Crippen LogP contribution in [-0.2, 0) is 9.84 Å². The smallest absolute Gasteiger partial charge is 0.270 e. The van der Waals surface area contributed by atoms with Gasteiger partial charge < -0.3 is 10.1 Å². The Bertz CT molecular complexity index is 681. The molecule has 1 saturated carbocycles. The summed E-state index contributed by atoms with van der Waals surface area (Å²) in [6.45, 7) is 3.26. The first-order chi connectivity index (χ1) is 10.4. The molecule has 124 valence electrons. The minimum absolute atomic E-state index is 0.388. The summed E-state index contributed by atoms with van der Waals surface area (Å²) in [4.78, 5) is 14.2. The van der Waals surface area contributed by atoms with Gasteiger partial charge in [0.1, 0.15) is 5.75 Å². The minimum Gasteiger partial charge on any atom is -0.506 e. The van der Waals surface area contributed by atoms with Crippen LogP contribution in [0, 0.1) is 13.8 Å². The molecule has 0 amide bonds. The van der Waals surface area contributed by atoms with Gasteiger partial charge in [-0.2, -0.15) is 0 Å². The fourth-order valence-electron chi connectivity index (χ4n) is 3.11. The number of aryl methyl sites for hydroxylation is 1. The van der Waals surface area contributed by atoms with Gasteiger partial charge in [0.15, 0.2) is 14.7 Å². The van der Waals surface area contributed by atoms with Crippen molar-refractivity contribution in [3.05, 3.63) is 21.6 Å². The van der Waals surface area contributed by atoms with Crippen molar-refractivity contribution < 1.29 is 13.5 Å². The molecule has 0 bridgehead atoms. The van der Waals surface area contributed by atoms with Crippen LogP contribution in [-0.4, -0.2) is 23.8 Å². The number of H-pyrrole nitrogens is 1. The van der Waals surface area contributed by atoms with Crippen molar-refractivity contribution in [2.24, 2.45) is 0 Å². The molecule has 1 aliphatic rings. The number of aromatic amines is 1. The maximum absolute atomic E-state index is 12.9. The number of rotatable bonds is 2. The van der Waals surface area contributed by atoms with E-state index in [1.807, 2.05) is 0 Å². The Balaban J connectivity index is 2.45. The van der Waals surface area contributed by atoms with Gasteiger partial charge in [-0.25, -0.2) is 8.42 Å². The van der Waals surface area contributed by atoms with Gasteiger partial charge in [-0.1, -0.05) is 38.5 Å². The Morgan fingerprint density at radius 3 is 2.05 bits per heavy atom. The van der Waals surface area contributed by atoms with Crippen molar-refractivity contribution in [2.45, 2.75) is 75.4 Å². The maximum Gasteiger partial charge on any atom is 0.270 e. The lowest BCUT2D eigenvalue weighted by Crippen LogP contribution is -2.28. The van der Waals surface area contributed by atoms with E-state index in [4.69, 9.17) is 0 Å². The number of aromatic hydroxyl groups is 1. The van der Waals surface area contributed by atoms with E-state index < -0.39 is 25.5 Å². The standard InChI is InChI=1S/C16H25NO4S/c1-11-12(2)17-16(19)15(14(11)18)22(20,21)13-9-7-5-3-4-6-8-10-13/h13H,3-10H2,1-2H3,(H2,17,18,19). The van der Waals surface area contributed by atoms with Crippen LogP contribution in [0.1, 0.15) is 62.6 Å². The third-order valence-corrected chi connectivity index (χ3v) is 6.96. The fourth-order valence-corrected chi connectivity index (χ4v) is 5.13. The van der Waals surface area contributed by atoms with Crippen molar-refractivity contribution in [3.8, 4) is 5.75 Å². The van der Waals surface area contributed by atoms with Crippen molar-refractivity contribution in [3.63, 3.8) is 0 Å². The van der Waals surface area contributed by atoms with E-state index in [2.05, 4.69) is 4.98 Å². The molecule has 0 saturated heterocycles. The summed E-state index contributed by atoms with van der Waals surface area (Å²) in [6, 6.07) is 0. The zero-order valence-corrected chi connectivity index (χ0v) is 14.1. The number of pyridine rings is 1. The van der Waals surface area contributed by atoms with E-state index in [1.165, 1.54) is 0 Å². The summed E-state index contributed by atoms with van der Waals surface area (Å²) in [7, 11) is -3.81. The van der Waals surface area contributed by atoms with E-state index >= 15 is 0 Å². The first-order valence-electron chi connectivity index (χ1n) is 8.02. The molecule has 0 atom stereocenters. The molecule has 1 aromatic heterocycles. The number of nitrogens with one attached hydrogen (secondary N) is 1. The van der Waals surface area contributed by atoms with Gasteiger partial charge in [-0.15, -0.1) is 0 Å². The molecule has 1 heterocycles. The zero-order chi connectivity index (χ0) is 16.3. The molecular formula is C16H25NO4S. The molecule has 1 fully saturated rings. The molecule has 22 heavy (non-hydrogen) atoms. The summed E-state index contributed by atoms with van der Waals surface area (Å²) >= 11 is 0. The first-order valence-corrected chi connectivity index (χ1v) is 9.56. The Labute approximate surface area is 131 Å². The molecule has 6 heteroatoms. The average Bonchev–Trinajstić information content (AvgIpc) is 2.58. The SMILES string of the molecule is Cc1[nH]c(=O)c(S(=O)(=O)C2CCCCCCCC2)c(O)c1C. The van der Waals surface area contributed by atoms with Crippen molar-refractivity contribution in [2.75, 3.05) is 0 Å². The van der Waals surface area contributed by atoms with Crippen molar-refractivity contribution in [1.29, 1.82) is 0 Å². The third-order valence-electron chi connectivity index (χ3n) is 4.67. The Morgan fingerprint density at radius 1 is 1.00 bits per heavy atom. The predicted octanol–water partition coefficient (Wildman–Crippen LogP) is 2.97. The molecule has 0 aromatic carbocycles. The molecule has 5 nitrogen and oxygen atoms in total. The van der Waals surface area contributed by atoms with E-state index in [9.17, 15) is 18.3 Å². The summed E-state index contributed by atoms with van der Waals surface area (Å²) < 4.78 is 25.8. The Kier molecular flexibility index (Phi) is 5.32. The van der Waals surface area contributed by atoms with Crippen LogP contribution in [0.5, 0.6) is 5.75 Å². The van der Waals surface area contributed by atoms with Crippen LogP contribution >= 0.6 is 0 Å². The fraction of sp³-hybridized carbons (Fsp3) is 0.688. The van der Waals surface area contributed by atoms with Gasteiger partial charge in [0.05, 0.1) is 5.25 Å². The lowest BCUT2D eigenvalue weighted by atomic mass is 10.1. The monoisotopic (exact) mass is 327 g/mol. The molecule has 0 unspecified atom stereocenters. The van der Waals surface area contributed by atoms with Gasteiger partial charge in [-0.05, 0) is 26.7 Å². The van der Waals surface area contributed by atoms with Gasteiger partial charge >= 0.3 is 0 Å². The molecule has 2 rings (SSSR count). The van der Waals surface area contributed by atoms with Crippen molar-refractivity contribution >= 4 is 9.84 Å². The average molecular weight is 327 g/mol. The van der Waals surface area contributed by atoms with Gasteiger partial charge in [0, 0.05) is 11.3 Å². The number of aromatic nitrogens is 1. The topological polar surface area (TPSA) is 87.2 Å². The zero-order valence-electron chi connectivity index (χ0n) is 13.3. The summed E-state index contributed by atoms with van der Waals surface area (Å²) in [6.07, 6.45) is 7.18. The van der Waals surface area contributed by atoms with E-state index in [0.29, 0.717) is 24.1 Å². The van der Waals surface area contributed by atoms with E-state index in [-0.39, 0.29) is 5.75 Å². The molecular weight excluding hydrogens is 302 g/mol. The van der Waals surface area contributed by atoms with Gasteiger partial charge in [-0.3, -0.25) is 4.79 Å². The van der Waals surface area contributed by atoms with Crippen LogP contribution in [0.2, 0.25) is 0 Å². The molecule has 0 radical (unpaired) electrons. The largest absolute Gasteiger partial charge is 0.506 e. The van der Waals surface area contributed by atoms with E-state index in [0.717, 1.165) is 38.5 Å². The van der Waals surface area contributed by atoms with Crippen LogP contribution < -0.4 is 5.56 Å². The predicted molar refractivity (Wildman–Crippen MR) is 86.1 cm³/mol. The first kappa shape index (κ1) is 17.1. The summed E-state index contributed by atoms with van der Waals surface area (Å²) in [5.74, 6) is -0.388. The molecule has 0 aliphatic heterocycles. The highest BCUT2D eigenvalue weighted by molar-refractivity contribution is 7.92. The second kappa shape index (κ2) is 6.86. The normalized spacial score (nSPS) is 18.5. The summed E-state index contributed by atoms with van der Waals surface area (Å²) in [5, 5.41) is 9.64. The van der Waals surface area contributed by atoms with Crippen LogP contribution in [0.4, 0.5) is 0 Å². The maximum atomic E-state index is 12.9. The minimum atomic E-state index is -3.81. The molecule has 1 aromatic rings. The highest BCUT2D eigenvalue weighted by Gasteiger charge is 2.33. The molecule has 2 N–H and O–H groups in total. The van der Waals surface area contributed by atoms with Crippen LogP contribution in [0.3, 0.4) is 0 Å². The second-order valence-corrected chi connectivity index (χ2v) is 8.41. The highest BCUT2D eigenvalue weighted by atomic mass is 32.2. The lowest BCUT2D eigenvalue weighted by molar-refractivity contribution is 0.448. The summed E-state index contributed by atoms with van der Waals surface area (Å²) in [5.41, 5.74) is 0.206. The van der Waals surface area contributed by atoms with E-state index in [1.54, 1.807) is 13.8 Å². The molecule has 0 spiro atoms. The van der Waals surface area contributed by atoms with Crippen molar-refractivity contribution in [1.82, 2.24) is 4.98 Å². The number of sulfone groups is 1.